The number of rotatable bonds is 4. The van der Waals surface area contributed by atoms with Gasteiger partial charge in [0.15, 0.2) is 0 Å². The van der Waals surface area contributed by atoms with E-state index in [-0.39, 0.29) is 11.8 Å². The number of benzene rings is 1. The normalized spacial score (nSPS) is 24.1. The number of likely N-dealkylation sites (tertiary alicyclic amines) is 3. The van der Waals surface area contributed by atoms with E-state index in [2.05, 4.69) is 9.80 Å². The largest absolute Gasteiger partial charge is 0.342 e. The summed E-state index contributed by atoms with van der Waals surface area (Å²) in [7, 11) is 0. The van der Waals surface area contributed by atoms with E-state index in [0.29, 0.717) is 18.5 Å². The molecule has 2 amide bonds. The number of carbonyl (C=O) groups is 2. The first-order valence-electron chi connectivity index (χ1n) is 11.3. The quantitative estimate of drug-likeness (QED) is 0.843. The van der Waals surface area contributed by atoms with Crippen molar-refractivity contribution in [1.29, 1.82) is 0 Å². The zero-order chi connectivity index (χ0) is 20.2. The Morgan fingerprint density at radius 2 is 1.55 bits per heavy atom. The molecule has 6 heteroatoms. The number of amides is 2. The van der Waals surface area contributed by atoms with Crippen LogP contribution in [0.4, 0.5) is 0 Å². The second-order valence-corrected chi connectivity index (χ2v) is 8.79. The first kappa shape index (κ1) is 20.4. The maximum atomic E-state index is 12.8. The SMILES string of the molecule is NCc1ccc(C(=O)N2CCC(N3CCCC(C(=O)N4CCCC4)C3)CC2)cc1. The Kier molecular flexibility index (Phi) is 6.50. The molecule has 2 N–H and O–H groups in total. The first-order chi connectivity index (χ1) is 14.2. The van der Waals surface area contributed by atoms with E-state index >= 15 is 0 Å². The lowest BCUT2D eigenvalue weighted by molar-refractivity contribution is -0.136. The molecule has 0 aliphatic carbocycles. The Balaban J connectivity index is 1.29. The fourth-order valence-electron chi connectivity index (χ4n) is 5.14. The predicted octanol–water partition coefficient (Wildman–Crippen LogP) is 2.08. The molecule has 3 heterocycles. The molecule has 3 fully saturated rings. The van der Waals surface area contributed by atoms with Gasteiger partial charge in [-0.3, -0.25) is 14.5 Å². The number of carbonyl (C=O) groups excluding carboxylic acids is 2. The number of nitrogens with zero attached hydrogens (tertiary/aromatic N) is 3. The Morgan fingerprint density at radius 1 is 0.862 bits per heavy atom. The predicted molar refractivity (Wildman–Crippen MR) is 113 cm³/mol. The van der Waals surface area contributed by atoms with Gasteiger partial charge in [-0.2, -0.15) is 0 Å². The summed E-state index contributed by atoms with van der Waals surface area (Å²) in [6.07, 6.45) is 6.45. The standard InChI is InChI=1S/C23H34N4O2/c24-16-18-5-7-19(8-6-18)22(28)26-14-9-21(10-15-26)27-13-3-4-20(17-27)23(29)25-11-1-2-12-25/h5-8,20-21H,1-4,9-17,24H2. The summed E-state index contributed by atoms with van der Waals surface area (Å²) in [5.41, 5.74) is 7.44. The van der Waals surface area contributed by atoms with Crippen LogP contribution in [0.3, 0.4) is 0 Å². The summed E-state index contributed by atoms with van der Waals surface area (Å²) < 4.78 is 0. The Hall–Kier alpha value is -1.92. The summed E-state index contributed by atoms with van der Waals surface area (Å²) in [4.78, 5) is 32.2. The zero-order valence-corrected chi connectivity index (χ0v) is 17.4. The van der Waals surface area contributed by atoms with Crippen molar-refractivity contribution in [3.05, 3.63) is 35.4 Å². The van der Waals surface area contributed by atoms with Gasteiger partial charge >= 0.3 is 0 Å². The summed E-state index contributed by atoms with van der Waals surface area (Å²) in [6, 6.07) is 8.13. The molecule has 29 heavy (non-hydrogen) atoms. The van der Waals surface area contributed by atoms with Gasteiger partial charge in [0.25, 0.3) is 5.91 Å². The fourth-order valence-corrected chi connectivity index (χ4v) is 5.14. The van der Waals surface area contributed by atoms with Gasteiger partial charge in [0.2, 0.25) is 5.91 Å². The van der Waals surface area contributed by atoms with Crippen molar-refractivity contribution >= 4 is 11.8 Å². The first-order valence-corrected chi connectivity index (χ1v) is 11.3. The fraction of sp³-hybridized carbons (Fsp3) is 0.652. The van der Waals surface area contributed by atoms with Crippen LogP contribution in [0, 0.1) is 5.92 Å². The van der Waals surface area contributed by atoms with Crippen LogP contribution in [0.2, 0.25) is 0 Å². The van der Waals surface area contributed by atoms with Crippen LogP contribution in [0.5, 0.6) is 0 Å². The van der Waals surface area contributed by atoms with Gasteiger partial charge < -0.3 is 15.5 Å². The molecule has 158 valence electrons. The molecule has 3 saturated heterocycles. The minimum Gasteiger partial charge on any atom is -0.342 e. The van der Waals surface area contributed by atoms with Crippen molar-refractivity contribution in [3.63, 3.8) is 0 Å². The van der Waals surface area contributed by atoms with Gasteiger partial charge in [-0.05, 0) is 62.8 Å². The molecule has 1 unspecified atom stereocenters. The van der Waals surface area contributed by atoms with Crippen molar-refractivity contribution in [2.24, 2.45) is 11.7 Å². The molecule has 3 aliphatic heterocycles. The molecular formula is C23H34N4O2. The van der Waals surface area contributed by atoms with Gasteiger partial charge in [0, 0.05) is 50.9 Å². The minimum atomic E-state index is 0.118. The third-order valence-electron chi connectivity index (χ3n) is 6.92. The van der Waals surface area contributed by atoms with Crippen LogP contribution in [0.25, 0.3) is 0 Å². The molecule has 4 rings (SSSR count). The topological polar surface area (TPSA) is 69.9 Å². The molecule has 0 aromatic heterocycles. The Labute approximate surface area is 174 Å². The van der Waals surface area contributed by atoms with E-state index in [1.165, 1.54) is 0 Å². The molecule has 0 bridgehead atoms. The van der Waals surface area contributed by atoms with Gasteiger partial charge in [0.05, 0.1) is 5.92 Å². The summed E-state index contributed by atoms with van der Waals surface area (Å²) in [5, 5.41) is 0. The number of hydrogen-bond donors (Lipinski definition) is 1. The van der Waals surface area contributed by atoms with E-state index < -0.39 is 0 Å². The minimum absolute atomic E-state index is 0.118. The van der Waals surface area contributed by atoms with E-state index in [4.69, 9.17) is 5.73 Å². The van der Waals surface area contributed by atoms with Gasteiger partial charge in [0.1, 0.15) is 0 Å². The summed E-state index contributed by atoms with van der Waals surface area (Å²) in [5.74, 6) is 0.663. The highest BCUT2D eigenvalue weighted by molar-refractivity contribution is 5.94. The second-order valence-electron chi connectivity index (χ2n) is 8.79. The smallest absolute Gasteiger partial charge is 0.253 e. The molecule has 6 nitrogen and oxygen atoms in total. The molecule has 0 saturated carbocycles. The van der Waals surface area contributed by atoms with E-state index in [0.717, 1.165) is 88.9 Å². The molecule has 0 spiro atoms. The van der Waals surface area contributed by atoms with Crippen molar-refractivity contribution in [2.45, 2.75) is 51.1 Å². The average molecular weight is 399 g/mol. The number of nitrogens with two attached hydrogens (primary N) is 1. The third kappa shape index (κ3) is 4.64. The molecule has 1 aromatic carbocycles. The average Bonchev–Trinajstić information content (AvgIpc) is 3.33. The van der Waals surface area contributed by atoms with Crippen molar-refractivity contribution in [2.75, 3.05) is 39.3 Å². The highest BCUT2D eigenvalue weighted by atomic mass is 16.2. The lowest BCUT2D eigenvalue weighted by atomic mass is 9.92. The lowest BCUT2D eigenvalue weighted by Gasteiger charge is -2.42. The van der Waals surface area contributed by atoms with Crippen LogP contribution in [0.1, 0.15) is 54.4 Å². The maximum absolute atomic E-state index is 12.8. The lowest BCUT2D eigenvalue weighted by Crippen LogP contribution is -2.51. The summed E-state index contributed by atoms with van der Waals surface area (Å²) in [6.45, 7) is 5.96. The molecule has 1 aromatic rings. The maximum Gasteiger partial charge on any atom is 0.253 e. The third-order valence-corrected chi connectivity index (χ3v) is 6.92. The van der Waals surface area contributed by atoms with E-state index in [1.807, 2.05) is 29.2 Å². The monoisotopic (exact) mass is 398 g/mol. The Bertz CT molecular complexity index is 706. The van der Waals surface area contributed by atoms with Crippen molar-refractivity contribution in [1.82, 2.24) is 14.7 Å². The van der Waals surface area contributed by atoms with Gasteiger partial charge in [-0.25, -0.2) is 0 Å². The second kappa shape index (κ2) is 9.26. The van der Waals surface area contributed by atoms with Crippen molar-refractivity contribution in [3.8, 4) is 0 Å². The van der Waals surface area contributed by atoms with Crippen molar-refractivity contribution < 1.29 is 9.59 Å². The highest BCUT2D eigenvalue weighted by Crippen LogP contribution is 2.26. The highest BCUT2D eigenvalue weighted by Gasteiger charge is 2.34. The van der Waals surface area contributed by atoms with E-state index in [9.17, 15) is 9.59 Å². The molecule has 3 aliphatic rings. The number of hydrogen-bond acceptors (Lipinski definition) is 4. The molecular weight excluding hydrogens is 364 g/mol. The van der Waals surface area contributed by atoms with Crippen LogP contribution in [0.15, 0.2) is 24.3 Å². The van der Waals surface area contributed by atoms with Gasteiger partial charge in [-0.1, -0.05) is 12.1 Å². The molecule has 1 atom stereocenters. The van der Waals surface area contributed by atoms with Crippen LogP contribution in [-0.4, -0.2) is 71.8 Å². The molecule has 0 radical (unpaired) electrons. The van der Waals surface area contributed by atoms with Crippen LogP contribution < -0.4 is 5.73 Å². The zero-order valence-electron chi connectivity index (χ0n) is 17.4. The van der Waals surface area contributed by atoms with Crippen LogP contribution >= 0.6 is 0 Å². The Morgan fingerprint density at radius 3 is 2.21 bits per heavy atom. The number of piperidine rings is 2. The van der Waals surface area contributed by atoms with Gasteiger partial charge in [-0.15, -0.1) is 0 Å². The van der Waals surface area contributed by atoms with Crippen LogP contribution in [-0.2, 0) is 11.3 Å². The summed E-state index contributed by atoms with van der Waals surface area (Å²) >= 11 is 0. The van der Waals surface area contributed by atoms with E-state index in [1.54, 1.807) is 0 Å².